The molecule has 4 aromatic rings. The summed E-state index contributed by atoms with van der Waals surface area (Å²) in [5, 5.41) is 1.16. The molecular weight excluding hydrogens is 478 g/mol. The molecule has 0 bridgehead atoms. The highest BCUT2D eigenvalue weighted by molar-refractivity contribution is 5.96. The average molecular weight is 514 g/mol. The number of methoxy groups -OCH3 is 2. The monoisotopic (exact) mass is 513 g/mol. The molecule has 38 heavy (non-hydrogen) atoms. The number of carbonyl (C=O) groups is 2. The number of carbonyl (C=O) groups excluding carboxylic acids is 2. The van der Waals surface area contributed by atoms with Crippen molar-refractivity contribution in [3.8, 4) is 11.5 Å². The molecule has 0 atom stereocenters. The molecule has 1 aromatic heterocycles. The van der Waals surface area contributed by atoms with E-state index in [0.29, 0.717) is 37.4 Å². The third-order valence-electron chi connectivity index (χ3n) is 6.66. The number of H-pyrrole nitrogens is 1. The van der Waals surface area contributed by atoms with Crippen molar-refractivity contribution in [2.24, 2.45) is 0 Å². The Bertz CT molecular complexity index is 1350. The Hall–Kier alpha value is -4.26. The maximum absolute atomic E-state index is 13.7. The molecule has 4 rings (SSSR count). The molecule has 7 nitrogen and oxygen atoms in total. The first kappa shape index (κ1) is 26.8. The van der Waals surface area contributed by atoms with E-state index in [4.69, 9.17) is 9.47 Å². The zero-order valence-electron chi connectivity index (χ0n) is 22.3. The Morgan fingerprint density at radius 3 is 2.13 bits per heavy atom. The number of aromatic nitrogens is 1. The lowest BCUT2D eigenvalue weighted by molar-refractivity contribution is -0.132. The summed E-state index contributed by atoms with van der Waals surface area (Å²) < 4.78 is 10.5. The highest BCUT2D eigenvalue weighted by Crippen LogP contribution is 2.20. The van der Waals surface area contributed by atoms with Gasteiger partial charge in [0.15, 0.2) is 0 Å². The van der Waals surface area contributed by atoms with Gasteiger partial charge in [-0.05, 0) is 66.4 Å². The van der Waals surface area contributed by atoms with Crippen LogP contribution in [0.4, 0.5) is 0 Å². The van der Waals surface area contributed by atoms with Crippen LogP contribution in [0.5, 0.6) is 11.5 Å². The number of nitrogens with zero attached hydrogens (tertiary/aromatic N) is 2. The minimum atomic E-state index is -0.163. The Morgan fingerprint density at radius 1 is 0.816 bits per heavy atom. The number of amides is 2. The van der Waals surface area contributed by atoms with E-state index >= 15 is 0 Å². The molecule has 0 aliphatic carbocycles. The normalized spacial score (nSPS) is 10.8. The second kappa shape index (κ2) is 12.8. The Morgan fingerprint density at radius 2 is 1.47 bits per heavy atom. The Balaban J connectivity index is 1.53. The first-order valence-corrected chi connectivity index (χ1v) is 12.9. The zero-order valence-corrected chi connectivity index (χ0v) is 22.3. The number of benzene rings is 3. The van der Waals surface area contributed by atoms with Gasteiger partial charge in [0.2, 0.25) is 5.91 Å². The fraction of sp³-hybridized carbons (Fsp3) is 0.290. The van der Waals surface area contributed by atoms with E-state index in [0.717, 1.165) is 34.2 Å². The van der Waals surface area contributed by atoms with E-state index in [1.54, 1.807) is 43.4 Å². The molecule has 0 radical (unpaired) electrons. The first-order chi connectivity index (χ1) is 18.5. The molecule has 0 aliphatic heterocycles. The van der Waals surface area contributed by atoms with Crippen LogP contribution < -0.4 is 9.47 Å². The van der Waals surface area contributed by atoms with Gasteiger partial charge in [0.05, 0.1) is 14.2 Å². The molecule has 1 heterocycles. The second-order valence-corrected chi connectivity index (χ2v) is 9.23. The van der Waals surface area contributed by atoms with Gasteiger partial charge in [0.1, 0.15) is 18.0 Å². The van der Waals surface area contributed by atoms with Crippen molar-refractivity contribution in [2.45, 2.75) is 26.3 Å². The van der Waals surface area contributed by atoms with Crippen LogP contribution in [0.1, 0.15) is 34.8 Å². The topological polar surface area (TPSA) is 74.9 Å². The van der Waals surface area contributed by atoms with Gasteiger partial charge in [0.25, 0.3) is 5.91 Å². The smallest absolute Gasteiger partial charge is 0.254 e. The minimum absolute atomic E-state index is 0.0166. The zero-order chi connectivity index (χ0) is 26.9. The molecule has 2 amide bonds. The Kier molecular flexibility index (Phi) is 9.03. The van der Waals surface area contributed by atoms with Crippen LogP contribution in [-0.4, -0.2) is 60.5 Å². The molecule has 0 spiro atoms. The molecule has 7 heteroatoms. The molecule has 0 unspecified atom stereocenters. The summed E-state index contributed by atoms with van der Waals surface area (Å²) >= 11 is 0. The van der Waals surface area contributed by atoms with E-state index in [9.17, 15) is 9.59 Å². The standard InChI is InChI=1S/C31H35N3O4/c1-4-18-34(31(36)24-11-15-27(38-3)16-12-24)22-30(35)33(21-23-9-13-26(37-2)14-10-23)19-17-25-20-32-29-8-6-5-7-28(25)29/h5-16,20,32H,4,17-19,21-22H2,1-3H3. The number of fused-ring (bicyclic) bond motifs is 1. The maximum atomic E-state index is 13.7. The van der Waals surface area contributed by atoms with Crippen LogP contribution in [0.25, 0.3) is 10.9 Å². The van der Waals surface area contributed by atoms with Crippen LogP contribution in [0.3, 0.4) is 0 Å². The van der Waals surface area contributed by atoms with Crippen molar-refractivity contribution in [3.63, 3.8) is 0 Å². The summed E-state index contributed by atoms with van der Waals surface area (Å²) in [6, 6.07) is 22.9. The van der Waals surface area contributed by atoms with Crippen molar-refractivity contribution in [1.29, 1.82) is 0 Å². The molecule has 0 saturated heterocycles. The largest absolute Gasteiger partial charge is 0.497 e. The molecule has 0 saturated carbocycles. The highest BCUT2D eigenvalue weighted by Gasteiger charge is 2.22. The Labute approximate surface area is 224 Å². The fourth-order valence-electron chi connectivity index (χ4n) is 4.54. The lowest BCUT2D eigenvalue weighted by Crippen LogP contribution is -2.43. The third-order valence-corrected chi connectivity index (χ3v) is 6.66. The van der Waals surface area contributed by atoms with Crippen LogP contribution in [-0.2, 0) is 17.8 Å². The van der Waals surface area contributed by atoms with Crippen LogP contribution >= 0.6 is 0 Å². The summed E-state index contributed by atoms with van der Waals surface area (Å²) in [5.74, 6) is 1.20. The van der Waals surface area contributed by atoms with Crippen LogP contribution in [0.15, 0.2) is 79.0 Å². The van der Waals surface area contributed by atoms with Gasteiger partial charge in [-0.1, -0.05) is 37.3 Å². The van der Waals surface area contributed by atoms with E-state index in [1.807, 2.05) is 60.5 Å². The molecule has 0 aliphatic rings. The van der Waals surface area contributed by atoms with Crippen molar-refractivity contribution in [3.05, 3.63) is 95.7 Å². The summed E-state index contributed by atoms with van der Waals surface area (Å²) in [7, 11) is 3.22. The average Bonchev–Trinajstić information content (AvgIpc) is 3.38. The summed E-state index contributed by atoms with van der Waals surface area (Å²) in [6.45, 7) is 3.49. The number of nitrogens with one attached hydrogen (secondary N) is 1. The van der Waals surface area contributed by atoms with Gasteiger partial charge >= 0.3 is 0 Å². The van der Waals surface area contributed by atoms with Crippen molar-refractivity contribution >= 4 is 22.7 Å². The molecule has 3 aromatic carbocycles. The minimum Gasteiger partial charge on any atom is -0.497 e. The van der Waals surface area contributed by atoms with Crippen molar-refractivity contribution < 1.29 is 19.1 Å². The number of rotatable bonds is 12. The van der Waals surface area contributed by atoms with Crippen molar-refractivity contribution in [2.75, 3.05) is 33.9 Å². The van der Waals surface area contributed by atoms with Gasteiger partial charge in [0, 0.05) is 42.3 Å². The number of aromatic amines is 1. The number of hydrogen-bond donors (Lipinski definition) is 1. The van der Waals surface area contributed by atoms with E-state index in [1.165, 1.54) is 0 Å². The van der Waals surface area contributed by atoms with Crippen LogP contribution in [0.2, 0.25) is 0 Å². The number of ether oxygens (including phenoxy) is 2. The molecule has 198 valence electrons. The third kappa shape index (κ3) is 6.54. The van der Waals surface area contributed by atoms with Gasteiger partial charge in [-0.25, -0.2) is 0 Å². The summed E-state index contributed by atoms with van der Waals surface area (Å²) in [5.41, 5.74) is 3.77. The van der Waals surface area contributed by atoms with Gasteiger partial charge < -0.3 is 24.3 Å². The predicted molar refractivity (Wildman–Crippen MR) is 150 cm³/mol. The molecule has 0 fully saturated rings. The van der Waals surface area contributed by atoms with Gasteiger partial charge in [-0.3, -0.25) is 9.59 Å². The van der Waals surface area contributed by atoms with Crippen molar-refractivity contribution in [1.82, 2.24) is 14.8 Å². The number of hydrogen-bond acceptors (Lipinski definition) is 4. The second-order valence-electron chi connectivity index (χ2n) is 9.23. The van der Waals surface area contributed by atoms with E-state index < -0.39 is 0 Å². The first-order valence-electron chi connectivity index (χ1n) is 12.9. The predicted octanol–water partition coefficient (Wildman–Crippen LogP) is 5.31. The number of para-hydroxylation sites is 1. The lowest BCUT2D eigenvalue weighted by atomic mass is 10.1. The summed E-state index contributed by atoms with van der Waals surface area (Å²) in [6.07, 6.45) is 3.46. The molecular formula is C31H35N3O4. The van der Waals surface area contributed by atoms with Crippen LogP contribution in [0, 0.1) is 0 Å². The highest BCUT2D eigenvalue weighted by atomic mass is 16.5. The summed E-state index contributed by atoms with van der Waals surface area (Å²) in [4.78, 5) is 33.8. The van der Waals surface area contributed by atoms with E-state index in [-0.39, 0.29) is 18.4 Å². The quantitative estimate of drug-likeness (QED) is 0.279. The lowest BCUT2D eigenvalue weighted by Gasteiger charge is -2.28. The fourth-order valence-corrected chi connectivity index (χ4v) is 4.54. The van der Waals surface area contributed by atoms with Gasteiger partial charge in [-0.15, -0.1) is 0 Å². The van der Waals surface area contributed by atoms with E-state index in [2.05, 4.69) is 11.1 Å². The van der Waals surface area contributed by atoms with Gasteiger partial charge in [-0.2, -0.15) is 0 Å². The maximum Gasteiger partial charge on any atom is 0.254 e. The molecule has 1 N–H and O–H groups in total. The SMILES string of the molecule is CCCN(CC(=O)N(CCc1c[nH]c2ccccc12)Cc1ccc(OC)cc1)C(=O)c1ccc(OC)cc1.